The highest BCUT2D eigenvalue weighted by Gasteiger charge is 2.14. The van der Waals surface area contributed by atoms with Gasteiger partial charge in [0.25, 0.3) is 5.19 Å². The molecule has 0 amide bonds. The van der Waals surface area contributed by atoms with Crippen LogP contribution >= 0.6 is 11.5 Å². The fourth-order valence-corrected chi connectivity index (χ4v) is 1.60. The van der Waals surface area contributed by atoms with Crippen LogP contribution in [0, 0.1) is 6.92 Å². The van der Waals surface area contributed by atoms with Crippen LogP contribution in [0.4, 0.5) is 0 Å². The summed E-state index contributed by atoms with van der Waals surface area (Å²) in [6.07, 6.45) is 1.39. The number of aryl methyl sites for hydroxylation is 1. The fraction of sp³-hybridized carbons (Fsp3) is 0.111. The lowest BCUT2D eigenvalue weighted by atomic mass is 10.3. The summed E-state index contributed by atoms with van der Waals surface area (Å²) in [5, 5.41) is 9.17. The smallest absolute Gasteiger partial charge is 0.358 e. The summed E-state index contributed by atoms with van der Waals surface area (Å²) in [6, 6.07) is 3.11. The third-order valence-corrected chi connectivity index (χ3v) is 2.37. The van der Waals surface area contributed by atoms with E-state index in [0.717, 1.165) is 11.5 Å². The highest BCUT2D eigenvalue weighted by molar-refractivity contribution is 7.07. The second kappa shape index (κ2) is 4.23. The molecule has 0 saturated carbocycles. The predicted molar refractivity (Wildman–Crippen MR) is 55.9 cm³/mol. The molecule has 0 aliphatic heterocycles. The van der Waals surface area contributed by atoms with E-state index in [-0.39, 0.29) is 11.4 Å². The van der Waals surface area contributed by atoms with Crippen molar-refractivity contribution >= 4 is 17.5 Å². The van der Waals surface area contributed by atoms with Crippen molar-refractivity contribution in [3.63, 3.8) is 0 Å². The van der Waals surface area contributed by atoms with Gasteiger partial charge in [-0.25, -0.2) is 9.78 Å². The van der Waals surface area contributed by atoms with Gasteiger partial charge in [0.05, 0.1) is 0 Å². The van der Waals surface area contributed by atoms with E-state index >= 15 is 0 Å². The molecule has 1 N–H and O–H groups in total. The largest absolute Gasteiger partial charge is 0.476 e. The topological polar surface area (TPSA) is 85.2 Å². The number of hydrogen-bond donors (Lipinski definition) is 1. The Balaban J connectivity index is 2.31. The Morgan fingerprint density at radius 2 is 2.38 bits per heavy atom. The van der Waals surface area contributed by atoms with E-state index in [0.29, 0.717) is 11.0 Å². The average molecular weight is 237 g/mol. The summed E-state index contributed by atoms with van der Waals surface area (Å²) >= 11 is 1.06. The predicted octanol–water partition coefficient (Wildman–Crippen LogP) is 1.73. The molecule has 2 aromatic heterocycles. The fourth-order valence-electron chi connectivity index (χ4n) is 1.05. The van der Waals surface area contributed by atoms with Crippen molar-refractivity contribution in [1.82, 2.24) is 14.3 Å². The first-order valence-electron chi connectivity index (χ1n) is 4.33. The first kappa shape index (κ1) is 10.5. The van der Waals surface area contributed by atoms with Crippen LogP contribution in [0.5, 0.6) is 10.9 Å². The van der Waals surface area contributed by atoms with Crippen molar-refractivity contribution in [2.75, 3.05) is 0 Å². The van der Waals surface area contributed by atoms with Crippen molar-refractivity contribution < 1.29 is 14.6 Å². The minimum absolute atomic E-state index is 0.143. The van der Waals surface area contributed by atoms with Crippen molar-refractivity contribution in [2.45, 2.75) is 6.92 Å². The second-order valence-corrected chi connectivity index (χ2v) is 3.58. The summed E-state index contributed by atoms with van der Waals surface area (Å²) in [5.74, 6) is -0.399. The molecule has 6 nitrogen and oxygen atoms in total. The number of carboxylic acids is 1. The van der Waals surface area contributed by atoms with E-state index in [4.69, 9.17) is 9.84 Å². The van der Waals surface area contributed by atoms with Gasteiger partial charge in [-0.05, 0) is 19.1 Å². The van der Waals surface area contributed by atoms with Crippen LogP contribution < -0.4 is 4.74 Å². The summed E-state index contributed by atoms with van der Waals surface area (Å²) < 4.78 is 9.22. The zero-order valence-electron chi connectivity index (χ0n) is 8.25. The molecule has 0 bridgehead atoms. The van der Waals surface area contributed by atoms with Gasteiger partial charge >= 0.3 is 5.97 Å². The Morgan fingerprint density at radius 1 is 1.56 bits per heavy atom. The van der Waals surface area contributed by atoms with Gasteiger partial charge in [-0.15, -0.1) is 0 Å². The molecule has 2 heterocycles. The van der Waals surface area contributed by atoms with Crippen LogP contribution in [-0.4, -0.2) is 25.4 Å². The van der Waals surface area contributed by atoms with Gasteiger partial charge in [0.15, 0.2) is 11.4 Å². The molecule has 0 aliphatic rings. The summed E-state index contributed by atoms with van der Waals surface area (Å²) in [7, 11) is 0. The van der Waals surface area contributed by atoms with Crippen molar-refractivity contribution in [3.05, 3.63) is 29.8 Å². The van der Waals surface area contributed by atoms with E-state index in [2.05, 4.69) is 14.3 Å². The van der Waals surface area contributed by atoms with Crippen molar-refractivity contribution in [2.24, 2.45) is 0 Å². The van der Waals surface area contributed by atoms with Gasteiger partial charge in [0, 0.05) is 17.7 Å². The number of aromatic carboxylic acids is 1. The zero-order chi connectivity index (χ0) is 11.5. The molecule has 0 saturated heterocycles. The quantitative estimate of drug-likeness (QED) is 0.874. The molecule has 2 rings (SSSR count). The lowest BCUT2D eigenvalue weighted by Gasteiger charge is -2.03. The summed E-state index contributed by atoms with van der Waals surface area (Å²) in [6.45, 7) is 1.73. The minimum Gasteiger partial charge on any atom is -0.476 e. The van der Waals surface area contributed by atoms with E-state index in [1.54, 1.807) is 13.0 Å². The van der Waals surface area contributed by atoms with Gasteiger partial charge < -0.3 is 9.84 Å². The van der Waals surface area contributed by atoms with Gasteiger partial charge in [-0.1, -0.05) is 0 Å². The van der Waals surface area contributed by atoms with Crippen LogP contribution in [-0.2, 0) is 0 Å². The average Bonchev–Trinajstić information content (AvgIpc) is 2.64. The molecule has 0 unspecified atom stereocenters. The minimum atomic E-state index is -1.14. The van der Waals surface area contributed by atoms with Gasteiger partial charge in [0.2, 0.25) is 0 Å². The van der Waals surface area contributed by atoms with Gasteiger partial charge in [-0.2, -0.15) is 9.36 Å². The Hall–Kier alpha value is -2.02. The monoisotopic (exact) mass is 237 g/mol. The Morgan fingerprint density at radius 3 is 3.00 bits per heavy atom. The van der Waals surface area contributed by atoms with E-state index in [9.17, 15) is 4.79 Å². The van der Waals surface area contributed by atoms with Crippen molar-refractivity contribution in [1.29, 1.82) is 0 Å². The number of ether oxygens (including phenoxy) is 1. The van der Waals surface area contributed by atoms with E-state index in [1.807, 2.05) is 0 Å². The van der Waals surface area contributed by atoms with E-state index in [1.165, 1.54) is 12.3 Å². The lowest BCUT2D eigenvalue weighted by Crippen LogP contribution is -2.02. The number of aromatic nitrogens is 3. The maximum absolute atomic E-state index is 10.8. The highest BCUT2D eigenvalue weighted by Crippen LogP contribution is 2.24. The van der Waals surface area contributed by atoms with Crippen LogP contribution in [0.25, 0.3) is 0 Å². The van der Waals surface area contributed by atoms with Gasteiger partial charge in [0.1, 0.15) is 5.82 Å². The highest BCUT2D eigenvalue weighted by atomic mass is 32.1. The number of pyridine rings is 1. The molecule has 0 radical (unpaired) electrons. The number of rotatable bonds is 3. The number of nitrogens with zero attached hydrogens (tertiary/aromatic N) is 3. The Bertz CT molecular complexity index is 526. The molecular formula is C9H7N3O3S. The molecule has 2 aromatic rings. The molecule has 0 atom stereocenters. The molecule has 0 fully saturated rings. The third-order valence-electron chi connectivity index (χ3n) is 1.68. The maximum Gasteiger partial charge on any atom is 0.358 e. The SMILES string of the molecule is Cc1nsc(Oc2cccnc2C(=O)O)n1. The number of carbonyl (C=O) groups is 1. The van der Waals surface area contributed by atoms with Crippen LogP contribution in [0.2, 0.25) is 0 Å². The van der Waals surface area contributed by atoms with Crippen molar-refractivity contribution in [3.8, 4) is 10.9 Å². The molecule has 0 aromatic carbocycles. The summed E-state index contributed by atoms with van der Waals surface area (Å²) in [5.41, 5.74) is -0.143. The molecule has 7 heteroatoms. The third kappa shape index (κ3) is 2.14. The second-order valence-electron chi connectivity index (χ2n) is 2.86. The zero-order valence-corrected chi connectivity index (χ0v) is 9.06. The lowest BCUT2D eigenvalue weighted by molar-refractivity contribution is 0.0687. The first-order valence-corrected chi connectivity index (χ1v) is 5.10. The molecule has 0 aliphatic carbocycles. The summed E-state index contributed by atoms with van der Waals surface area (Å²) in [4.78, 5) is 18.5. The Kier molecular flexibility index (Phi) is 2.78. The van der Waals surface area contributed by atoms with Crippen LogP contribution in [0.1, 0.15) is 16.3 Å². The number of carboxylic acid groups (broad SMARTS) is 1. The number of hydrogen-bond acceptors (Lipinski definition) is 6. The standard InChI is InChI=1S/C9H7N3O3S/c1-5-11-9(16-12-5)15-6-3-2-4-10-7(6)8(13)14/h2-4H,1H3,(H,13,14). The van der Waals surface area contributed by atoms with Gasteiger partial charge in [-0.3, -0.25) is 0 Å². The molecule has 16 heavy (non-hydrogen) atoms. The molecule has 0 spiro atoms. The molecule has 82 valence electrons. The Labute approximate surface area is 94.7 Å². The van der Waals surface area contributed by atoms with Crippen LogP contribution in [0.3, 0.4) is 0 Å². The maximum atomic E-state index is 10.8. The first-order chi connectivity index (χ1) is 7.66. The normalized spacial score (nSPS) is 10.1. The van der Waals surface area contributed by atoms with E-state index < -0.39 is 5.97 Å². The molecular weight excluding hydrogens is 230 g/mol. The van der Waals surface area contributed by atoms with Crippen LogP contribution in [0.15, 0.2) is 18.3 Å².